The zero-order valence-corrected chi connectivity index (χ0v) is 15.5. The summed E-state index contributed by atoms with van der Waals surface area (Å²) in [5, 5.41) is 39.0. The van der Waals surface area contributed by atoms with Gasteiger partial charge in [0.2, 0.25) is 0 Å². The maximum absolute atomic E-state index is 10.5. The zero-order chi connectivity index (χ0) is 18.7. The molecule has 0 aromatic heterocycles. The zero-order valence-electron chi connectivity index (χ0n) is 15.5. The summed E-state index contributed by atoms with van der Waals surface area (Å²) in [4.78, 5) is 10.5. The van der Waals surface area contributed by atoms with E-state index in [-0.39, 0.29) is 18.3 Å². The third-order valence-corrected chi connectivity index (χ3v) is 5.25. The Morgan fingerprint density at radius 1 is 1.08 bits per heavy atom. The lowest BCUT2D eigenvalue weighted by atomic mass is 9.88. The Morgan fingerprint density at radius 3 is 2.48 bits per heavy atom. The van der Waals surface area contributed by atoms with E-state index in [1.807, 2.05) is 6.08 Å². The predicted molar refractivity (Wildman–Crippen MR) is 98.2 cm³/mol. The fourth-order valence-electron chi connectivity index (χ4n) is 3.74. The number of carboxylic acid groups (broad SMARTS) is 1. The van der Waals surface area contributed by atoms with Crippen LogP contribution in [-0.2, 0) is 4.79 Å². The Bertz CT molecular complexity index is 396. The lowest BCUT2D eigenvalue weighted by Gasteiger charge is -2.21. The SMILES string of the molecule is CCCCC[C@H](O)/C=C/[C@@H]1[C@@H](CCCCCCC(=O)O)[C@H](O)C[C@H]1O. The van der Waals surface area contributed by atoms with Crippen molar-refractivity contribution in [3.63, 3.8) is 0 Å². The van der Waals surface area contributed by atoms with Crippen LogP contribution in [-0.4, -0.2) is 44.7 Å². The van der Waals surface area contributed by atoms with Gasteiger partial charge >= 0.3 is 5.97 Å². The Balaban J connectivity index is 2.38. The first-order valence-corrected chi connectivity index (χ1v) is 9.90. The molecular weight excluding hydrogens is 320 g/mol. The molecule has 0 heterocycles. The third kappa shape index (κ3) is 8.84. The molecular formula is C20H36O5. The highest BCUT2D eigenvalue weighted by Gasteiger charge is 2.39. The molecule has 0 aromatic rings. The van der Waals surface area contributed by atoms with Crippen molar-refractivity contribution in [3.05, 3.63) is 12.2 Å². The fraction of sp³-hybridized carbons (Fsp3) is 0.850. The van der Waals surface area contributed by atoms with Crippen LogP contribution >= 0.6 is 0 Å². The molecule has 5 atom stereocenters. The van der Waals surface area contributed by atoms with Crippen molar-refractivity contribution in [1.82, 2.24) is 0 Å². The van der Waals surface area contributed by atoms with Gasteiger partial charge in [0.1, 0.15) is 0 Å². The van der Waals surface area contributed by atoms with Crippen molar-refractivity contribution in [2.45, 2.75) is 95.9 Å². The van der Waals surface area contributed by atoms with Gasteiger partial charge < -0.3 is 20.4 Å². The highest BCUT2D eigenvalue weighted by atomic mass is 16.4. The van der Waals surface area contributed by atoms with Crippen LogP contribution in [0.1, 0.15) is 77.6 Å². The van der Waals surface area contributed by atoms with Gasteiger partial charge in [-0.15, -0.1) is 0 Å². The average molecular weight is 357 g/mol. The number of unbranched alkanes of at least 4 members (excludes halogenated alkanes) is 5. The maximum Gasteiger partial charge on any atom is 0.303 e. The first-order chi connectivity index (χ1) is 12.0. The second-order valence-electron chi connectivity index (χ2n) is 7.41. The van der Waals surface area contributed by atoms with Crippen LogP contribution in [0.25, 0.3) is 0 Å². The minimum Gasteiger partial charge on any atom is -0.481 e. The van der Waals surface area contributed by atoms with E-state index >= 15 is 0 Å². The van der Waals surface area contributed by atoms with Crippen molar-refractivity contribution in [1.29, 1.82) is 0 Å². The first kappa shape index (κ1) is 22.1. The Labute approximate surface area is 151 Å². The Morgan fingerprint density at radius 2 is 1.80 bits per heavy atom. The molecule has 0 spiro atoms. The first-order valence-electron chi connectivity index (χ1n) is 9.90. The highest BCUT2D eigenvalue weighted by molar-refractivity contribution is 5.66. The summed E-state index contributed by atoms with van der Waals surface area (Å²) in [6.45, 7) is 2.13. The van der Waals surface area contributed by atoms with E-state index in [0.717, 1.165) is 51.4 Å². The van der Waals surface area contributed by atoms with Gasteiger partial charge in [-0.25, -0.2) is 0 Å². The van der Waals surface area contributed by atoms with Crippen LogP contribution in [0.5, 0.6) is 0 Å². The van der Waals surface area contributed by atoms with Gasteiger partial charge in [0.05, 0.1) is 18.3 Å². The Kier molecular flexibility index (Phi) is 11.0. The molecule has 146 valence electrons. The molecule has 1 aliphatic rings. The molecule has 5 nitrogen and oxygen atoms in total. The normalized spacial score (nSPS) is 27.8. The summed E-state index contributed by atoms with van der Waals surface area (Å²) in [5.41, 5.74) is 0. The van der Waals surface area contributed by atoms with E-state index in [1.54, 1.807) is 6.08 Å². The standard InChI is InChI=1S/C20H36O5/c1-2-3-6-9-15(21)12-13-17-16(18(22)14-19(17)23)10-7-4-5-8-11-20(24)25/h12-13,15-19,21-23H,2-11,14H2,1H3,(H,24,25)/b13-12+/t15-,16+,17+,18+,19+/m0/s1. The fourth-order valence-corrected chi connectivity index (χ4v) is 3.74. The second-order valence-corrected chi connectivity index (χ2v) is 7.41. The molecule has 4 N–H and O–H groups in total. The van der Waals surface area contributed by atoms with Crippen LogP contribution < -0.4 is 0 Å². The topological polar surface area (TPSA) is 98.0 Å². The highest BCUT2D eigenvalue weighted by Crippen LogP contribution is 2.37. The van der Waals surface area contributed by atoms with Gasteiger partial charge in [-0.05, 0) is 25.2 Å². The van der Waals surface area contributed by atoms with Crippen molar-refractivity contribution in [2.24, 2.45) is 11.8 Å². The second kappa shape index (κ2) is 12.4. The van der Waals surface area contributed by atoms with E-state index in [9.17, 15) is 20.1 Å². The molecule has 0 aromatic carbocycles. The smallest absolute Gasteiger partial charge is 0.303 e. The van der Waals surface area contributed by atoms with Gasteiger partial charge in [-0.2, -0.15) is 0 Å². The van der Waals surface area contributed by atoms with E-state index in [2.05, 4.69) is 6.92 Å². The number of carbonyl (C=O) groups is 1. The molecule has 0 unspecified atom stereocenters. The molecule has 5 heteroatoms. The van der Waals surface area contributed by atoms with Crippen LogP contribution in [0.2, 0.25) is 0 Å². The third-order valence-electron chi connectivity index (χ3n) is 5.25. The van der Waals surface area contributed by atoms with Crippen LogP contribution in [0.4, 0.5) is 0 Å². The number of aliphatic hydroxyl groups excluding tert-OH is 3. The summed E-state index contributed by atoms with van der Waals surface area (Å²) in [6, 6.07) is 0. The average Bonchev–Trinajstić information content (AvgIpc) is 2.82. The number of hydrogen-bond acceptors (Lipinski definition) is 4. The summed E-state index contributed by atoms with van der Waals surface area (Å²) >= 11 is 0. The van der Waals surface area contributed by atoms with Gasteiger partial charge in [0.25, 0.3) is 0 Å². The molecule has 0 bridgehead atoms. The van der Waals surface area contributed by atoms with Crippen LogP contribution in [0.3, 0.4) is 0 Å². The molecule has 1 aliphatic carbocycles. The van der Waals surface area contributed by atoms with E-state index in [1.165, 1.54) is 0 Å². The monoisotopic (exact) mass is 356 g/mol. The van der Waals surface area contributed by atoms with Crippen molar-refractivity contribution in [2.75, 3.05) is 0 Å². The van der Waals surface area contributed by atoms with E-state index in [4.69, 9.17) is 5.11 Å². The minimum absolute atomic E-state index is 0.0218. The summed E-state index contributed by atoms with van der Waals surface area (Å²) < 4.78 is 0. The molecule has 25 heavy (non-hydrogen) atoms. The van der Waals surface area contributed by atoms with Gasteiger partial charge in [0.15, 0.2) is 0 Å². The van der Waals surface area contributed by atoms with E-state index < -0.39 is 24.3 Å². The van der Waals surface area contributed by atoms with Gasteiger partial charge in [0, 0.05) is 18.8 Å². The molecule has 1 saturated carbocycles. The van der Waals surface area contributed by atoms with Crippen molar-refractivity contribution >= 4 is 5.97 Å². The summed E-state index contributed by atoms with van der Waals surface area (Å²) in [5.74, 6) is -0.833. The predicted octanol–water partition coefficient (Wildman–Crippen LogP) is 3.27. The lowest BCUT2D eigenvalue weighted by Crippen LogP contribution is -2.21. The number of carboxylic acids is 1. The van der Waals surface area contributed by atoms with Crippen LogP contribution in [0.15, 0.2) is 12.2 Å². The summed E-state index contributed by atoms with van der Waals surface area (Å²) in [7, 11) is 0. The largest absolute Gasteiger partial charge is 0.481 e. The van der Waals surface area contributed by atoms with Crippen molar-refractivity contribution < 1.29 is 25.2 Å². The molecule has 1 fully saturated rings. The lowest BCUT2D eigenvalue weighted by molar-refractivity contribution is -0.137. The molecule has 0 radical (unpaired) electrons. The van der Waals surface area contributed by atoms with Crippen molar-refractivity contribution in [3.8, 4) is 0 Å². The Hall–Kier alpha value is -0.910. The number of aliphatic carboxylic acids is 1. The maximum atomic E-state index is 10.5. The molecule has 0 amide bonds. The molecule has 0 aliphatic heterocycles. The number of rotatable bonds is 13. The number of aliphatic hydroxyl groups is 3. The van der Waals surface area contributed by atoms with Crippen LogP contribution in [0, 0.1) is 11.8 Å². The van der Waals surface area contributed by atoms with Gasteiger partial charge in [-0.3, -0.25) is 4.79 Å². The number of hydrogen-bond donors (Lipinski definition) is 4. The van der Waals surface area contributed by atoms with E-state index in [0.29, 0.717) is 12.8 Å². The quantitative estimate of drug-likeness (QED) is 0.300. The molecule has 0 saturated heterocycles. The van der Waals surface area contributed by atoms with Gasteiger partial charge in [-0.1, -0.05) is 57.6 Å². The minimum atomic E-state index is -0.753. The summed E-state index contributed by atoms with van der Waals surface area (Å²) in [6.07, 6.45) is 11.0. The molecule has 1 rings (SSSR count).